The maximum atomic E-state index is 13.1. The number of nitrogens with zero attached hydrogens (tertiary/aromatic N) is 1. The molecule has 2 fully saturated rings. The van der Waals surface area contributed by atoms with Crippen LogP contribution in [0.2, 0.25) is 0 Å². The van der Waals surface area contributed by atoms with Gasteiger partial charge in [0.1, 0.15) is 18.2 Å². The van der Waals surface area contributed by atoms with E-state index in [4.69, 9.17) is 4.74 Å². The van der Waals surface area contributed by atoms with E-state index in [1.807, 2.05) is 43.3 Å². The zero-order valence-electron chi connectivity index (χ0n) is 17.9. The van der Waals surface area contributed by atoms with Gasteiger partial charge in [0.15, 0.2) is 0 Å². The number of alkyl carbamates (subject to hydrolysis) is 1. The number of carbonyl (C=O) groups excluding carboxylic acids is 2. The molecule has 0 bridgehead atoms. The van der Waals surface area contributed by atoms with Gasteiger partial charge < -0.3 is 20.1 Å². The lowest BCUT2D eigenvalue weighted by molar-refractivity contribution is -0.150. The van der Waals surface area contributed by atoms with E-state index in [1.54, 1.807) is 0 Å². The van der Waals surface area contributed by atoms with Crippen LogP contribution in [-0.2, 0) is 14.3 Å². The van der Waals surface area contributed by atoms with Crippen molar-refractivity contribution in [3.8, 4) is 11.1 Å². The molecule has 1 saturated carbocycles. The molecule has 2 aromatic rings. The zero-order chi connectivity index (χ0) is 22.5. The van der Waals surface area contributed by atoms with Crippen molar-refractivity contribution >= 4 is 18.0 Å². The van der Waals surface area contributed by atoms with Gasteiger partial charge in [0.05, 0.1) is 0 Å². The summed E-state index contributed by atoms with van der Waals surface area (Å²) in [6.45, 7) is 2.40. The van der Waals surface area contributed by atoms with Crippen molar-refractivity contribution in [1.82, 2.24) is 10.2 Å². The van der Waals surface area contributed by atoms with Crippen LogP contribution in [0, 0.1) is 5.92 Å². The van der Waals surface area contributed by atoms with Crippen molar-refractivity contribution in [3.63, 3.8) is 0 Å². The Morgan fingerprint density at radius 1 is 1.06 bits per heavy atom. The number of ether oxygens (including phenoxy) is 1. The third-order valence-electron chi connectivity index (χ3n) is 7.06. The van der Waals surface area contributed by atoms with Gasteiger partial charge in [-0.05, 0) is 47.4 Å². The van der Waals surface area contributed by atoms with Crippen molar-refractivity contribution in [2.75, 3.05) is 13.2 Å². The molecule has 0 spiro atoms. The van der Waals surface area contributed by atoms with Crippen LogP contribution in [0.15, 0.2) is 48.5 Å². The second kappa shape index (κ2) is 7.65. The summed E-state index contributed by atoms with van der Waals surface area (Å²) < 4.78 is 5.59. The summed E-state index contributed by atoms with van der Waals surface area (Å²) in [5.41, 5.74) is 3.49. The fraction of sp³-hybridized carbons (Fsp3) is 0.400. The lowest BCUT2D eigenvalue weighted by atomic mass is 9.98. The average molecular weight is 434 g/mol. The maximum absolute atomic E-state index is 13.1. The number of amides is 2. The van der Waals surface area contributed by atoms with Gasteiger partial charge in [0, 0.05) is 12.5 Å². The molecule has 2 N–H and O–H groups in total. The van der Waals surface area contributed by atoms with Crippen LogP contribution in [0.5, 0.6) is 0 Å². The number of rotatable bonds is 5. The number of hydrogen-bond donors (Lipinski definition) is 2. The van der Waals surface area contributed by atoms with Crippen molar-refractivity contribution < 1.29 is 24.2 Å². The third-order valence-corrected chi connectivity index (χ3v) is 7.06. The minimum Gasteiger partial charge on any atom is -0.480 e. The maximum Gasteiger partial charge on any atom is 0.408 e. The number of carboxylic acid groups (broad SMARTS) is 1. The SMILES string of the molecule is CC1CCN(C(=O)C2(NC(=O)OCC3c4ccccc4-c4ccccc43)CC2)C1C(=O)O. The molecule has 0 aromatic heterocycles. The molecule has 7 heteroatoms. The first kappa shape index (κ1) is 20.5. The highest BCUT2D eigenvalue weighted by Crippen LogP contribution is 2.45. The van der Waals surface area contributed by atoms with Crippen molar-refractivity contribution in [3.05, 3.63) is 59.7 Å². The van der Waals surface area contributed by atoms with Gasteiger partial charge in [-0.1, -0.05) is 55.5 Å². The molecule has 2 unspecified atom stereocenters. The molecular formula is C25H26N2O5. The summed E-state index contributed by atoms with van der Waals surface area (Å²) >= 11 is 0. The van der Waals surface area contributed by atoms with E-state index < -0.39 is 23.6 Å². The highest BCUT2D eigenvalue weighted by molar-refractivity contribution is 5.95. The molecule has 2 atom stereocenters. The van der Waals surface area contributed by atoms with Crippen LogP contribution in [0.25, 0.3) is 11.1 Å². The van der Waals surface area contributed by atoms with Crippen LogP contribution in [0.3, 0.4) is 0 Å². The lowest BCUT2D eigenvalue weighted by Crippen LogP contribution is -2.54. The smallest absolute Gasteiger partial charge is 0.408 e. The highest BCUT2D eigenvalue weighted by Gasteiger charge is 2.56. The van der Waals surface area contributed by atoms with Crippen LogP contribution in [0.4, 0.5) is 4.79 Å². The fourth-order valence-corrected chi connectivity index (χ4v) is 5.17. The predicted octanol–water partition coefficient (Wildman–Crippen LogP) is 3.38. The number of likely N-dealkylation sites (tertiary alicyclic amines) is 1. The lowest BCUT2D eigenvalue weighted by Gasteiger charge is -2.28. The van der Waals surface area contributed by atoms with Crippen molar-refractivity contribution in [1.29, 1.82) is 0 Å². The fourth-order valence-electron chi connectivity index (χ4n) is 5.17. The first-order valence-corrected chi connectivity index (χ1v) is 11.1. The summed E-state index contributed by atoms with van der Waals surface area (Å²) in [5, 5.41) is 12.3. The van der Waals surface area contributed by atoms with E-state index in [2.05, 4.69) is 17.4 Å². The normalized spacial score (nSPS) is 22.7. The van der Waals surface area contributed by atoms with Gasteiger partial charge in [0.2, 0.25) is 5.91 Å². The second-order valence-electron chi connectivity index (χ2n) is 9.08. The van der Waals surface area contributed by atoms with Gasteiger partial charge in [-0.3, -0.25) is 4.79 Å². The summed E-state index contributed by atoms with van der Waals surface area (Å²) in [5.74, 6) is -1.49. The van der Waals surface area contributed by atoms with Crippen LogP contribution >= 0.6 is 0 Å². The van der Waals surface area contributed by atoms with Crippen molar-refractivity contribution in [2.45, 2.75) is 43.7 Å². The molecule has 5 rings (SSSR count). The largest absolute Gasteiger partial charge is 0.480 e. The quantitative estimate of drug-likeness (QED) is 0.752. The summed E-state index contributed by atoms with van der Waals surface area (Å²) in [7, 11) is 0. The Morgan fingerprint density at radius 3 is 2.22 bits per heavy atom. The first-order valence-electron chi connectivity index (χ1n) is 11.1. The molecule has 1 heterocycles. The molecule has 7 nitrogen and oxygen atoms in total. The van der Waals surface area contributed by atoms with Gasteiger partial charge in [-0.15, -0.1) is 0 Å². The number of aliphatic carboxylic acids is 1. The van der Waals surface area contributed by atoms with Crippen LogP contribution in [0.1, 0.15) is 43.2 Å². The van der Waals surface area contributed by atoms with E-state index in [1.165, 1.54) is 4.90 Å². The first-order chi connectivity index (χ1) is 15.4. The number of carbonyl (C=O) groups is 3. The molecule has 3 aliphatic rings. The van der Waals surface area contributed by atoms with Gasteiger partial charge >= 0.3 is 12.1 Å². The Bertz CT molecular complexity index is 1050. The van der Waals surface area contributed by atoms with E-state index >= 15 is 0 Å². The van der Waals surface area contributed by atoms with Gasteiger partial charge in [-0.25, -0.2) is 9.59 Å². The Morgan fingerprint density at radius 2 is 1.66 bits per heavy atom. The Labute approximate surface area is 186 Å². The molecule has 2 aromatic carbocycles. The Kier molecular flexibility index (Phi) is 4.92. The Balaban J connectivity index is 1.26. The number of carboxylic acids is 1. The van der Waals surface area contributed by atoms with E-state index in [0.717, 1.165) is 22.3 Å². The number of benzene rings is 2. The molecule has 2 amide bonds. The molecule has 1 saturated heterocycles. The van der Waals surface area contributed by atoms with Crippen LogP contribution in [-0.4, -0.2) is 52.7 Å². The molecule has 0 radical (unpaired) electrons. The topological polar surface area (TPSA) is 95.9 Å². The molecular weight excluding hydrogens is 408 g/mol. The monoisotopic (exact) mass is 434 g/mol. The van der Waals surface area contributed by atoms with E-state index in [0.29, 0.717) is 25.8 Å². The van der Waals surface area contributed by atoms with E-state index in [9.17, 15) is 19.5 Å². The van der Waals surface area contributed by atoms with Crippen LogP contribution < -0.4 is 5.32 Å². The summed E-state index contributed by atoms with van der Waals surface area (Å²) in [6.07, 6.45) is 0.987. The summed E-state index contributed by atoms with van der Waals surface area (Å²) in [4.78, 5) is 38.8. The minimum atomic E-state index is -1.04. The van der Waals surface area contributed by atoms with E-state index in [-0.39, 0.29) is 24.3 Å². The minimum absolute atomic E-state index is 0.0603. The standard InChI is InChI=1S/C25H26N2O5/c1-15-10-13-27(21(15)22(28)29)23(30)25(11-12-25)26-24(31)32-14-20-18-8-4-2-6-16(18)17-7-3-5-9-19(17)20/h2-9,15,20-21H,10-14H2,1H3,(H,26,31)(H,28,29). The van der Waals surface area contributed by atoms with Gasteiger partial charge in [-0.2, -0.15) is 0 Å². The molecule has 1 aliphatic heterocycles. The molecule has 2 aliphatic carbocycles. The Hall–Kier alpha value is -3.35. The molecule has 166 valence electrons. The third kappa shape index (κ3) is 3.32. The second-order valence-corrected chi connectivity index (χ2v) is 9.08. The predicted molar refractivity (Wildman–Crippen MR) is 117 cm³/mol. The number of nitrogens with one attached hydrogen (secondary N) is 1. The van der Waals surface area contributed by atoms with Crippen molar-refractivity contribution in [2.24, 2.45) is 5.92 Å². The average Bonchev–Trinajstić information content (AvgIpc) is 3.34. The number of fused-ring (bicyclic) bond motifs is 3. The highest BCUT2D eigenvalue weighted by atomic mass is 16.5. The molecule has 32 heavy (non-hydrogen) atoms. The zero-order valence-corrected chi connectivity index (χ0v) is 17.9. The number of hydrogen-bond acceptors (Lipinski definition) is 4. The van der Waals surface area contributed by atoms with Gasteiger partial charge in [0.25, 0.3) is 0 Å². The summed E-state index contributed by atoms with van der Waals surface area (Å²) in [6, 6.07) is 15.3.